The third kappa shape index (κ3) is 4.51. The van der Waals surface area contributed by atoms with Gasteiger partial charge in [0.2, 0.25) is 5.91 Å². The van der Waals surface area contributed by atoms with Crippen LogP contribution in [0, 0.1) is 0 Å². The van der Waals surface area contributed by atoms with Crippen LogP contribution in [-0.4, -0.2) is 60.4 Å². The van der Waals surface area contributed by atoms with Gasteiger partial charge in [-0.05, 0) is 55.9 Å². The minimum absolute atomic E-state index is 0.00132. The standard InChI is InChI=1S/C19H27N3O3/c1-14(25-17-7-6-15-4-2-5-16(15)12-17)19(24)22-9-3-8-21(10-11-22)13-18(20)23/h6-7,12,14H,2-5,8-11,13H2,1H3,(H2,20,23)/t14-/m1/s1. The first-order valence-electron chi connectivity index (χ1n) is 9.11. The molecule has 1 aromatic rings. The molecule has 1 aliphatic heterocycles. The highest BCUT2D eigenvalue weighted by molar-refractivity contribution is 5.81. The number of nitrogens with zero attached hydrogens (tertiary/aromatic N) is 2. The number of hydrogen-bond donors (Lipinski definition) is 1. The maximum Gasteiger partial charge on any atom is 0.263 e. The van der Waals surface area contributed by atoms with E-state index in [1.807, 2.05) is 22.8 Å². The Morgan fingerprint density at radius 3 is 2.72 bits per heavy atom. The van der Waals surface area contributed by atoms with E-state index in [-0.39, 0.29) is 18.4 Å². The molecule has 2 N–H and O–H groups in total. The van der Waals surface area contributed by atoms with Gasteiger partial charge in [0.15, 0.2) is 6.10 Å². The van der Waals surface area contributed by atoms with Crippen molar-refractivity contribution in [2.75, 3.05) is 32.7 Å². The Kier molecular flexibility index (Phi) is 5.58. The van der Waals surface area contributed by atoms with Gasteiger partial charge in [-0.3, -0.25) is 14.5 Å². The average molecular weight is 345 g/mol. The number of fused-ring (bicyclic) bond motifs is 1. The Hall–Kier alpha value is -2.08. The van der Waals surface area contributed by atoms with Crippen LogP contribution in [-0.2, 0) is 22.4 Å². The molecule has 0 radical (unpaired) electrons. The molecule has 1 aliphatic carbocycles. The molecule has 1 aromatic carbocycles. The number of hydrogen-bond acceptors (Lipinski definition) is 4. The molecular weight excluding hydrogens is 318 g/mol. The summed E-state index contributed by atoms with van der Waals surface area (Å²) in [7, 11) is 0. The molecule has 0 saturated carbocycles. The van der Waals surface area contributed by atoms with E-state index < -0.39 is 6.10 Å². The quantitative estimate of drug-likeness (QED) is 0.862. The molecule has 6 heteroatoms. The molecule has 136 valence electrons. The second-order valence-corrected chi connectivity index (χ2v) is 6.97. The fourth-order valence-electron chi connectivity index (χ4n) is 3.70. The molecule has 2 amide bonds. The maximum absolute atomic E-state index is 12.7. The minimum atomic E-state index is -0.512. The number of ether oxygens (including phenoxy) is 1. The van der Waals surface area contributed by atoms with E-state index in [0.717, 1.165) is 31.6 Å². The summed E-state index contributed by atoms with van der Waals surface area (Å²) >= 11 is 0. The van der Waals surface area contributed by atoms with Crippen molar-refractivity contribution < 1.29 is 14.3 Å². The Labute approximate surface area is 148 Å². The lowest BCUT2D eigenvalue weighted by Crippen LogP contribution is -2.43. The molecule has 1 fully saturated rings. The van der Waals surface area contributed by atoms with Crippen LogP contribution in [0.25, 0.3) is 0 Å². The zero-order valence-corrected chi connectivity index (χ0v) is 14.9. The summed E-state index contributed by atoms with van der Waals surface area (Å²) in [6.07, 6.45) is 3.76. The molecule has 0 spiro atoms. The maximum atomic E-state index is 12.7. The summed E-state index contributed by atoms with van der Waals surface area (Å²) in [6.45, 7) is 4.80. The summed E-state index contributed by atoms with van der Waals surface area (Å²) in [5, 5.41) is 0. The topological polar surface area (TPSA) is 75.9 Å². The van der Waals surface area contributed by atoms with Gasteiger partial charge < -0.3 is 15.4 Å². The van der Waals surface area contributed by atoms with Crippen LogP contribution in [0.2, 0.25) is 0 Å². The number of primary amides is 1. The van der Waals surface area contributed by atoms with Gasteiger partial charge in [-0.15, -0.1) is 0 Å². The normalized spacial score (nSPS) is 19.2. The van der Waals surface area contributed by atoms with Crippen molar-refractivity contribution >= 4 is 11.8 Å². The average Bonchev–Trinajstić information content (AvgIpc) is 2.92. The number of carbonyl (C=O) groups excluding carboxylic acids is 2. The van der Waals surface area contributed by atoms with Crippen LogP contribution in [0.15, 0.2) is 18.2 Å². The van der Waals surface area contributed by atoms with E-state index in [0.29, 0.717) is 19.6 Å². The third-order valence-electron chi connectivity index (χ3n) is 5.01. The van der Waals surface area contributed by atoms with Crippen molar-refractivity contribution in [1.29, 1.82) is 0 Å². The number of benzene rings is 1. The van der Waals surface area contributed by atoms with Gasteiger partial charge in [0.25, 0.3) is 5.91 Å². The first-order valence-corrected chi connectivity index (χ1v) is 9.11. The highest BCUT2D eigenvalue weighted by Gasteiger charge is 2.25. The Balaban J connectivity index is 1.56. The lowest BCUT2D eigenvalue weighted by Gasteiger charge is -2.25. The van der Waals surface area contributed by atoms with Crippen LogP contribution in [0.5, 0.6) is 5.75 Å². The van der Waals surface area contributed by atoms with E-state index in [1.165, 1.54) is 17.5 Å². The van der Waals surface area contributed by atoms with Crippen molar-refractivity contribution in [1.82, 2.24) is 9.80 Å². The highest BCUT2D eigenvalue weighted by Crippen LogP contribution is 2.26. The summed E-state index contributed by atoms with van der Waals surface area (Å²) in [5.41, 5.74) is 8.00. The van der Waals surface area contributed by atoms with Gasteiger partial charge in [0.1, 0.15) is 5.75 Å². The number of aryl methyl sites for hydroxylation is 2. The van der Waals surface area contributed by atoms with Gasteiger partial charge in [-0.2, -0.15) is 0 Å². The Bertz CT molecular complexity index is 647. The van der Waals surface area contributed by atoms with Crippen molar-refractivity contribution in [2.24, 2.45) is 5.73 Å². The van der Waals surface area contributed by atoms with Gasteiger partial charge in [0, 0.05) is 26.2 Å². The summed E-state index contributed by atoms with van der Waals surface area (Å²) in [5.74, 6) is 0.446. The smallest absolute Gasteiger partial charge is 0.263 e. The third-order valence-corrected chi connectivity index (χ3v) is 5.01. The van der Waals surface area contributed by atoms with E-state index in [4.69, 9.17) is 10.5 Å². The van der Waals surface area contributed by atoms with Crippen LogP contribution >= 0.6 is 0 Å². The molecule has 0 unspecified atom stereocenters. The predicted molar refractivity (Wildman–Crippen MR) is 95.4 cm³/mol. The second-order valence-electron chi connectivity index (χ2n) is 6.97. The van der Waals surface area contributed by atoms with Crippen LogP contribution < -0.4 is 10.5 Å². The van der Waals surface area contributed by atoms with E-state index in [9.17, 15) is 9.59 Å². The molecule has 3 rings (SSSR count). The van der Waals surface area contributed by atoms with Gasteiger partial charge in [-0.1, -0.05) is 6.07 Å². The number of nitrogens with two attached hydrogens (primary N) is 1. The number of rotatable bonds is 5. The van der Waals surface area contributed by atoms with Crippen LogP contribution in [0.1, 0.15) is 30.9 Å². The van der Waals surface area contributed by atoms with Gasteiger partial charge >= 0.3 is 0 Å². The van der Waals surface area contributed by atoms with Crippen molar-refractivity contribution in [3.8, 4) is 5.75 Å². The molecule has 1 atom stereocenters. The number of carbonyl (C=O) groups is 2. The molecule has 2 aliphatic rings. The van der Waals surface area contributed by atoms with E-state index in [2.05, 4.69) is 12.1 Å². The van der Waals surface area contributed by atoms with Gasteiger partial charge in [0.05, 0.1) is 6.54 Å². The first kappa shape index (κ1) is 17.7. The molecule has 1 saturated heterocycles. The molecule has 25 heavy (non-hydrogen) atoms. The van der Waals surface area contributed by atoms with Crippen molar-refractivity contribution in [3.05, 3.63) is 29.3 Å². The highest BCUT2D eigenvalue weighted by atomic mass is 16.5. The van der Waals surface area contributed by atoms with E-state index >= 15 is 0 Å². The Morgan fingerprint density at radius 1 is 1.12 bits per heavy atom. The minimum Gasteiger partial charge on any atom is -0.481 e. The SMILES string of the molecule is C[C@@H](Oc1ccc2c(c1)CCC2)C(=O)N1CCCN(CC(N)=O)CC1. The van der Waals surface area contributed by atoms with Crippen LogP contribution in [0.3, 0.4) is 0 Å². The summed E-state index contributed by atoms with van der Waals surface area (Å²) in [4.78, 5) is 27.6. The lowest BCUT2D eigenvalue weighted by molar-refractivity contribution is -0.137. The summed E-state index contributed by atoms with van der Waals surface area (Å²) in [6, 6.07) is 6.15. The molecule has 0 bridgehead atoms. The fourth-order valence-corrected chi connectivity index (χ4v) is 3.70. The zero-order valence-electron chi connectivity index (χ0n) is 14.9. The summed E-state index contributed by atoms with van der Waals surface area (Å²) < 4.78 is 5.91. The Morgan fingerprint density at radius 2 is 1.92 bits per heavy atom. The lowest BCUT2D eigenvalue weighted by atomic mass is 10.1. The van der Waals surface area contributed by atoms with Crippen LogP contribution in [0.4, 0.5) is 0 Å². The monoisotopic (exact) mass is 345 g/mol. The molecule has 0 aromatic heterocycles. The van der Waals surface area contributed by atoms with Crippen molar-refractivity contribution in [3.63, 3.8) is 0 Å². The zero-order chi connectivity index (χ0) is 17.8. The fraction of sp³-hybridized carbons (Fsp3) is 0.579. The van der Waals surface area contributed by atoms with Crippen molar-refractivity contribution in [2.45, 2.75) is 38.7 Å². The first-order chi connectivity index (χ1) is 12.0. The largest absolute Gasteiger partial charge is 0.481 e. The second kappa shape index (κ2) is 7.87. The predicted octanol–water partition coefficient (Wildman–Crippen LogP) is 0.962. The molecule has 1 heterocycles. The van der Waals surface area contributed by atoms with Gasteiger partial charge in [-0.25, -0.2) is 0 Å². The molecule has 6 nitrogen and oxygen atoms in total. The molecular formula is C19H27N3O3. The number of amides is 2. The van der Waals surface area contributed by atoms with E-state index in [1.54, 1.807) is 0 Å².